The highest BCUT2D eigenvalue weighted by Crippen LogP contribution is 2.49. The molecule has 1 aromatic heterocycles. The molecular formula is C22H15BrF3NO4S. The third kappa shape index (κ3) is 4.42. The molecule has 0 fully saturated rings. The highest BCUT2D eigenvalue weighted by molar-refractivity contribution is 9.10. The van der Waals surface area contributed by atoms with Crippen molar-refractivity contribution in [3.8, 4) is 11.5 Å². The maximum Gasteiger partial charge on any atom is 0.416 e. The first-order valence-corrected chi connectivity index (χ1v) is 11.0. The number of benzene rings is 2. The molecule has 0 radical (unpaired) electrons. The molecule has 32 heavy (non-hydrogen) atoms. The molecule has 1 aliphatic rings. The Morgan fingerprint density at radius 3 is 2.56 bits per heavy atom. The van der Waals surface area contributed by atoms with Gasteiger partial charge in [0.15, 0.2) is 0 Å². The van der Waals surface area contributed by atoms with E-state index in [1.54, 1.807) is 12.1 Å². The quantitative estimate of drug-likeness (QED) is 0.399. The predicted molar refractivity (Wildman–Crippen MR) is 118 cm³/mol. The number of aryl methyl sites for hydroxylation is 1. The Balaban J connectivity index is 1.94. The monoisotopic (exact) mass is 525 g/mol. The summed E-state index contributed by atoms with van der Waals surface area (Å²) >= 11 is 4.57. The van der Waals surface area contributed by atoms with E-state index >= 15 is 0 Å². The number of hydrogen-bond acceptors (Lipinski definition) is 6. The Morgan fingerprint density at radius 2 is 1.88 bits per heavy atom. The van der Waals surface area contributed by atoms with Crippen LogP contribution < -0.4 is 5.63 Å². The minimum atomic E-state index is -4.57. The van der Waals surface area contributed by atoms with Crippen molar-refractivity contribution in [1.82, 2.24) is 0 Å². The van der Waals surface area contributed by atoms with Gasteiger partial charge in [-0.3, -0.25) is 4.99 Å². The van der Waals surface area contributed by atoms with Crippen molar-refractivity contribution in [3.05, 3.63) is 79.8 Å². The Morgan fingerprint density at radius 1 is 1.12 bits per heavy atom. The van der Waals surface area contributed by atoms with Crippen LogP contribution in [0.5, 0.6) is 11.5 Å². The first-order valence-electron chi connectivity index (χ1n) is 9.31. The van der Waals surface area contributed by atoms with E-state index < -0.39 is 22.6 Å². The molecule has 1 atom stereocenters. The highest BCUT2D eigenvalue weighted by atomic mass is 79.9. The third-order valence-electron chi connectivity index (χ3n) is 4.87. The molecule has 1 aliphatic heterocycles. The molecule has 0 unspecified atom stereocenters. The van der Waals surface area contributed by atoms with E-state index in [1.165, 1.54) is 36.9 Å². The van der Waals surface area contributed by atoms with Crippen LogP contribution in [0.1, 0.15) is 34.1 Å². The average molecular weight is 526 g/mol. The summed E-state index contributed by atoms with van der Waals surface area (Å²) in [7, 11) is 0. The minimum absolute atomic E-state index is 0.0104. The van der Waals surface area contributed by atoms with Gasteiger partial charge in [-0.15, -0.1) is 11.8 Å². The molecule has 0 saturated heterocycles. The molecule has 5 nitrogen and oxygen atoms in total. The summed E-state index contributed by atoms with van der Waals surface area (Å²) < 4.78 is 45.7. The number of alkyl halides is 3. The van der Waals surface area contributed by atoms with Gasteiger partial charge in [-0.2, -0.15) is 13.2 Å². The molecule has 3 aromatic rings. The second kappa shape index (κ2) is 8.32. The van der Waals surface area contributed by atoms with Gasteiger partial charge >= 0.3 is 11.8 Å². The zero-order valence-electron chi connectivity index (χ0n) is 16.4. The maximum absolute atomic E-state index is 13.3. The fourth-order valence-corrected chi connectivity index (χ4v) is 5.03. The van der Waals surface area contributed by atoms with Gasteiger partial charge in [0.1, 0.15) is 22.8 Å². The number of aromatic hydroxyl groups is 2. The van der Waals surface area contributed by atoms with Crippen molar-refractivity contribution in [1.29, 1.82) is 0 Å². The second-order valence-corrected chi connectivity index (χ2v) is 9.32. The summed E-state index contributed by atoms with van der Waals surface area (Å²) in [5, 5.41) is 20.3. The van der Waals surface area contributed by atoms with E-state index in [9.17, 15) is 28.2 Å². The van der Waals surface area contributed by atoms with Crippen LogP contribution in [0.15, 0.2) is 66.0 Å². The number of nitrogens with zero attached hydrogens (tertiary/aromatic N) is 1. The number of hydrogen-bond donors (Lipinski definition) is 2. The molecular weight excluding hydrogens is 511 g/mol. The first-order chi connectivity index (χ1) is 15.0. The van der Waals surface area contributed by atoms with Gasteiger partial charge in [-0.25, -0.2) is 4.79 Å². The van der Waals surface area contributed by atoms with E-state index in [0.29, 0.717) is 14.9 Å². The van der Waals surface area contributed by atoms with Crippen LogP contribution in [0.3, 0.4) is 0 Å². The van der Waals surface area contributed by atoms with Gasteiger partial charge in [0.25, 0.3) is 0 Å². The Hall–Kier alpha value is -2.72. The number of thioether (sulfide) groups is 1. The van der Waals surface area contributed by atoms with Crippen LogP contribution in [-0.2, 0) is 6.18 Å². The molecule has 10 heteroatoms. The number of phenols is 1. The maximum atomic E-state index is 13.3. The van der Waals surface area contributed by atoms with Crippen molar-refractivity contribution in [2.75, 3.05) is 0 Å². The van der Waals surface area contributed by atoms with Crippen molar-refractivity contribution in [3.63, 3.8) is 0 Å². The molecule has 2 aromatic carbocycles. The fraction of sp³-hybridized carbons (Fsp3) is 0.182. The summed E-state index contributed by atoms with van der Waals surface area (Å²) in [6, 6.07) is 9.26. The van der Waals surface area contributed by atoms with E-state index in [1.807, 2.05) is 0 Å². The first kappa shape index (κ1) is 22.5. The van der Waals surface area contributed by atoms with Crippen molar-refractivity contribution in [2.24, 2.45) is 4.99 Å². The smallest absolute Gasteiger partial charge is 0.416 e. The lowest BCUT2D eigenvalue weighted by Gasteiger charge is -2.18. The SMILES string of the molecule is Cc1cc(O)c(C2=Nc3cc(C(F)(F)F)ccc3S[C@@H](c3cc(Br)ccc3O)C2)c(=O)o1. The summed E-state index contributed by atoms with van der Waals surface area (Å²) in [4.78, 5) is 17.3. The fourth-order valence-electron chi connectivity index (χ4n) is 3.42. The molecule has 166 valence electrons. The standard InChI is InChI=1S/C22H15BrF3NO4S/c1-10-6-17(29)20(21(30)31-10)15-9-19(13-8-12(23)3-4-16(13)28)32-18-5-2-11(22(24,25)26)7-14(18)27-15/h2-8,19,28-29H,9H2,1H3/t19-/m1/s1. The highest BCUT2D eigenvalue weighted by Gasteiger charge is 2.33. The number of phenolic OH excluding ortho intramolecular Hbond substituents is 1. The van der Waals surface area contributed by atoms with Crippen LogP contribution in [0, 0.1) is 6.92 Å². The van der Waals surface area contributed by atoms with Gasteiger partial charge in [-0.05, 0) is 43.3 Å². The molecule has 0 spiro atoms. The number of fused-ring (bicyclic) bond motifs is 1. The Labute approximate surface area is 192 Å². The molecule has 0 aliphatic carbocycles. The van der Waals surface area contributed by atoms with Crippen molar-refractivity contribution < 1.29 is 27.8 Å². The molecule has 2 N–H and O–H groups in total. The zero-order chi connectivity index (χ0) is 23.2. The van der Waals surface area contributed by atoms with Gasteiger partial charge in [0, 0.05) is 32.7 Å². The topological polar surface area (TPSA) is 83.0 Å². The minimum Gasteiger partial charge on any atom is -0.508 e. The van der Waals surface area contributed by atoms with Crippen LogP contribution in [-0.4, -0.2) is 15.9 Å². The number of rotatable bonds is 2. The second-order valence-electron chi connectivity index (χ2n) is 7.16. The van der Waals surface area contributed by atoms with Gasteiger partial charge in [-0.1, -0.05) is 15.9 Å². The lowest BCUT2D eigenvalue weighted by molar-refractivity contribution is -0.137. The third-order valence-corrected chi connectivity index (χ3v) is 6.67. The van der Waals surface area contributed by atoms with Crippen LogP contribution >= 0.6 is 27.7 Å². The van der Waals surface area contributed by atoms with E-state index in [-0.39, 0.29) is 40.6 Å². The summed E-state index contributed by atoms with van der Waals surface area (Å²) in [5.74, 6) is -0.212. The molecule has 0 amide bonds. The predicted octanol–water partition coefficient (Wildman–Crippen LogP) is 6.50. The molecule has 2 heterocycles. The van der Waals surface area contributed by atoms with Gasteiger partial charge in [0.2, 0.25) is 0 Å². The van der Waals surface area contributed by atoms with Crippen molar-refractivity contribution >= 4 is 39.1 Å². The molecule has 4 rings (SSSR count). The average Bonchev–Trinajstić information content (AvgIpc) is 2.87. The lowest BCUT2D eigenvalue weighted by Crippen LogP contribution is -2.17. The molecule has 0 bridgehead atoms. The van der Waals surface area contributed by atoms with Crippen LogP contribution in [0.4, 0.5) is 18.9 Å². The lowest BCUT2D eigenvalue weighted by atomic mass is 10.0. The Bertz CT molecular complexity index is 1300. The van der Waals surface area contributed by atoms with Crippen LogP contribution in [0.25, 0.3) is 0 Å². The van der Waals surface area contributed by atoms with Crippen molar-refractivity contribution in [2.45, 2.75) is 29.7 Å². The summed E-state index contributed by atoms with van der Waals surface area (Å²) in [5.41, 5.74) is -1.38. The largest absolute Gasteiger partial charge is 0.508 e. The molecule has 0 saturated carbocycles. The van der Waals surface area contributed by atoms with E-state index in [2.05, 4.69) is 20.9 Å². The summed E-state index contributed by atoms with van der Waals surface area (Å²) in [6.45, 7) is 1.49. The number of halogens is 4. The summed E-state index contributed by atoms with van der Waals surface area (Å²) in [6.07, 6.45) is -4.53. The number of aliphatic imine (C=N–C) groups is 1. The zero-order valence-corrected chi connectivity index (χ0v) is 18.8. The van der Waals surface area contributed by atoms with Crippen LogP contribution in [0.2, 0.25) is 0 Å². The Kier molecular flexibility index (Phi) is 5.85. The van der Waals surface area contributed by atoms with Gasteiger partial charge < -0.3 is 14.6 Å². The van der Waals surface area contributed by atoms with Gasteiger partial charge in [0.05, 0.1) is 17.0 Å². The van der Waals surface area contributed by atoms with E-state index in [4.69, 9.17) is 4.42 Å². The normalized spacial score (nSPS) is 16.3. The van der Waals surface area contributed by atoms with E-state index in [0.717, 1.165) is 12.1 Å².